The molecule has 2 nitrogen and oxygen atoms in total. The first kappa shape index (κ1) is 14.2. The van der Waals surface area contributed by atoms with E-state index in [-0.39, 0.29) is 5.41 Å². The summed E-state index contributed by atoms with van der Waals surface area (Å²) in [6.07, 6.45) is 4.40. The van der Waals surface area contributed by atoms with Gasteiger partial charge < -0.3 is 10.5 Å². The zero-order chi connectivity index (χ0) is 14.7. The molecule has 0 aliphatic heterocycles. The summed E-state index contributed by atoms with van der Waals surface area (Å²) < 4.78 is 5.34. The average Bonchev–Trinajstić information content (AvgIpc) is 2.55. The molecule has 110 valence electrons. The molecule has 0 saturated heterocycles. The van der Waals surface area contributed by atoms with Gasteiger partial charge in [0.15, 0.2) is 0 Å². The minimum absolute atomic E-state index is 0.181. The third kappa shape index (κ3) is 2.96. The number of aryl methyl sites for hydroxylation is 1. The van der Waals surface area contributed by atoms with E-state index in [9.17, 15) is 0 Å². The summed E-state index contributed by atoms with van der Waals surface area (Å²) >= 11 is 0. The number of ether oxygens (including phenoxy) is 1. The molecule has 1 atom stereocenters. The summed E-state index contributed by atoms with van der Waals surface area (Å²) in [5, 5.41) is 0. The van der Waals surface area contributed by atoms with Crippen molar-refractivity contribution in [2.75, 3.05) is 13.7 Å². The first-order chi connectivity index (χ1) is 10.2. The molecule has 2 N–H and O–H groups in total. The first-order valence-corrected chi connectivity index (χ1v) is 7.64. The summed E-state index contributed by atoms with van der Waals surface area (Å²) in [6.45, 7) is 0.735. The number of fused-ring (bicyclic) bond motifs is 1. The van der Waals surface area contributed by atoms with Crippen LogP contribution in [0.4, 0.5) is 0 Å². The minimum Gasteiger partial charge on any atom is -0.497 e. The normalized spacial score (nSPS) is 20.9. The second kappa shape index (κ2) is 5.90. The van der Waals surface area contributed by atoms with Crippen molar-refractivity contribution in [3.8, 4) is 5.75 Å². The predicted molar refractivity (Wildman–Crippen MR) is 86.7 cm³/mol. The lowest BCUT2D eigenvalue weighted by atomic mass is 9.68. The van der Waals surface area contributed by atoms with Gasteiger partial charge in [0.25, 0.3) is 0 Å². The highest BCUT2D eigenvalue weighted by atomic mass is 16.5. The number of benzene rings is 2. The van der Waals surface area contributed by atoms with Crippen LogP contribution in [0.2, 0.25) is 0 Å². The second-order valence-corrected chi connectivity index (χ2v) is 6.18. The van der Waals surface area contributed by atoms with Gasteiger partial charge in [-0.1, -0.05) is 36.4 Å². The Morgan fingerprint density at radius 3 is 2.67 bits per heavy atom. The van der Waals surface area contributed by atoms with Crippen molar-refractivity contribution in [1.82, 2.24) is 0 Å². The molecule has 0 fully saturated rings. The molecule has 0 saturated carbocycles. The van der Waals surface area contributed by atoms with E-state index in [1.165, 1.54) is 16.7 Å². The maximum atomic E-state index is 6.18. The lowest BCUT2D eigenvalue weighted by Crippen LogP contribution is -2.38. The molecule has 1 aliphatic carbocycles. The summed E-state index contributed by atoms with van der Waals surface area (Å²) in [6, 6.07) is 17.2. The smallest absolute Gasteiger partial charge is 0.119 e. The molecule has 2 aromatic carbocycles. The quantitative estimate of drug-likeness (QED) is 0.932. The van der Waals surface area contributed by atoms with Crippen molar-refractivity contribution in [3.05, 3.63) is 65.2 Å². The third-order valence-corrected chi connectivity index (χ3v) is 4.75. The zero-order valence-electron chi connectivity index (χ0n) is 12.6. The maximum absolute atomic E-state index is 6.18. The minimum atomic E-state index is 0.181. The van der Waals surface area contributed by atoms with Crippen LogP contribution in [0.1, 0.15) is 23.1 Å². The lowest BCUT2D eigenvalue weighted by Gasteiger charge is -2.37. The lowest BCUT2D eigenvalue weighted by molar-refractivity contribution is 0.253. The van der Waals surface area contributed by atoms with Crippen LogP contribution < -0.4 is 10.5 Å². The van der Waals surface area contributed by atoms with E-state index >= 15 is 0 Å². The van der Waals surface area contributed by atoms with E-state index in [0.717, 1.165) is 38.0 Å². The SMILES string of the molecule is COc1cccc(CC2(CN)CCc3ccccc3C2)c1. The molecule has 0 aromatic heterocycles. The molecule has 0 bridgehead atoms. The van der Waals surface area contributed by atoms with E-state index < -0.39 is 0 Å². The maximum Gasteiger partial charge on any atom is 0.119 e. The van der Waals surface area contributed by atoms with Crippen molar-refractivity contribution >= 4 is 0 Å². The Kier molecular flexibility index (Phi) is 3.98. The standard InChI is InChI=1S/C19H23NO/c1-21-18-8-4-5-15(11-18)12-19(14-20)10-9-16-6-2-3-7-17(16)13-19/h2-8,11H,9-10,12-14,20H2,1H3. The molecule has 0 radical (unpaired) electrons. The highest BCUT2D eigenvalue weighted by Crippen LogP contribution is 2.38. The van der Waals surface area contributed by atoms with Crippen molar-refractivity contribution in [1.29, 1.82) is 0 Å². The number of nitrogens with two attached hydrogens (primary N) is 1. The summed E-state index contributed by atoms with van der Waals surface area (Å²) in [7, 11) is 1.72. The van der Waals surface area contributed by atoms with Gasteiger partial charge in [-0.3, -0.25) is 0 Å². The molecular weight excluding hydrogens is 258 g/mol. The number of methoxy groups -OCH3 is 1. The Morgan fingerprint density at radius 2 is 1.90 bits per heavy atom. The third-order valence-electron chi connectivity index (χ3n) is 4.75. The second-order valence-electron chi connectivity index (χ2n) is 6.18. The Labute approximate surface area is 126 Å². The Hall–Kier alpha value is -1.80. The van der Waals surface area contributed by atoms with Crippen LogP contribution in [0, 0.1) is 5.41 Å². The van der Waals surface area contributed by atoms with Crippen molar-refractivity contribution < 1.29 is 4.74 Å². The van der Waals surface area contributed by atoms with Crippen LogP contribution in [0.15, 0.2) is 48.5 Å². The van der Waals surface area contributed by atoms with Crippen LogP contribution >= 0.6 is 0 Å². The van der Waals surface area contributed by atoms with E-state index in [2.05, 4.69) is 42.5 Å². The van der Waals surface area contributed by atoms with Gasteiger partial charge in [0.2, 0.25) is 0 Å². The van der Waals surface area contributed by atoms with Crippen LogP contribution in [0.3, 0.4) is 0 Å². The van der Waals surface area contributed by atoms with Crippen molar-refractivity contribution in [3.63, 3.8) is 0 Å². The monoisotopic (exact) mass is 281 g/mol. The van der Waals surface area contributed by atoms with Gasteiger partial charge in [0.1, 0.15) is 5.75 Å². The van der Waals surface area contributed by atoms with E-state index in [1.807, 2.05) is 6.07 Å². The zero-order valence-corrected chi connectivity index (χ0v) is 12.6. The molecule has 1 unspecified atom stereocenters. The predicted octanol–water partition coefficient (Wildman–Crippen LogP) is 3.37. The molecule has 0 heterocycles. The van der Waals surface area contributed by atoms with Crippen LogP contribution in [-0.4, -0.2) is 13.7 Å². The largest absolute Gasteiger partial charge is 0.497 e. The molecular formula is C19H23NO. The fourth-order valence-electron chi connectivity index (χ4n) is 3.48. The first-order valence-electron chi connectivity index (χ1n) is 7.64. The summed E-state index contributed by atoms with van der Waals surface area (Å²) in [5.41, 5.74) is 10.6. The van der Waals surface area contributed by atoms with Gasteiger partial charge >= 0.3 is 0 Å². The highest BCUT2D eigenvalue weighted by Gasteiger charge is 2.33. The van der Waals surface area contributed by atoms with Crippen LogP contribution in [0.25, 0.3) is 0 Å². The fraction of sp³-hybridized carbons (Fsp3) is 0.368. The van der Waals surface area contributed by atoms with Crippen molar-refractivity contribution in [2.45, 2.75) is 25.7 Å². The summed E-state index contributed by atoms with van der Waals surface area (Å²) in [5.74, 6) is 0.927. The van der Waals surface area contributed by atoms with Crippen LogP contribution in [-0.2, 0) is 19.3 Å². The van der Waals surface area contributed by atoms with Gasteiger partial charge in [-0.2, -0.15) is 0 Å². The number of hydrogen-bond donors (Lipinski definition) is 1. The molecule has 21 heavy (non-hydrogen) atoms. The average molecular weight is 281 g/mol. The number of rotatable bonds is 4. The van der Waals surface area contributed by atoms with Gasteiger partial charge in [0, 0.05) is 0 Å². The molecule has 0 amide bonds. The van der Waals surface area contributed by atoms with E-state index in [0.29, 0.717) is 0 Å². The molecule has 3 rings (SSSR count). The number of hydrogen-bond acceptors (Lipinski definition) is 2. The van der Waals surface area contributed by atoms with Gasteiger partial charge in [-0.25, -0.2) is 0 Å². The van der Waals surface area contributed by atoms with Gasteiger partial charge in [-0.05, 0) is 66.5 Å². The highest BCUT2D eigenvalue weighted by molar-refractivity contribution is 5.34. The van der Waals surface area contributed by atoms with Gasteiger partial charge in [-0.15, -0.1) is 0 Å². The Morgan fingerprint density at radius 1 is 1.10 bits per heavy atom. The molecule has 2 heteroatoms. The Bertz CT molecular complexity index is 622. The topological polar surface area (TPSA) is 35.2 Å². The van der Waals surface area contributed by atoms with Crippen LogP contribution in [0.5, 0.6) is 5.75 Å². The van der Waals surface area contributed by atoms with E-state index in [4.69, 9.17) is 10.5 Å². The Balaban J connectivity index is 1.85. The van der Waals surface area contributed by atoms with Crippen molar-refractivity contribution in [2.24, 2.45) is 11.1 Å². The summed E-state index contributed by atoms with van der Waals surface area (Å²) in [4.78, 5) is 0. The van der Waals surface area contributed by atoms with Gasteiger partial charge in [0.05, 0.1) is 7.11 Å². The fourth-order valence-corrected chi connectivity index (χ4v) is 3.48. The molecule has 2 aromatic rings. The molecule has 0 spiro atoms. The van der Waals surface area contributed by atoms with E-state index in [1.54, 1.807) is 7.11 Å². The molecule has 1 aliphatic rings.